The molecule has 0 fully saturated rings. The summed E-state index contributed by atoms with van der Waals surface area (Å²) in [4.78, 5) is 25.2. The van der Waals surface area contributed by atoms with Gasteiger partial charge in [-0.2, -0.15) is 4.73 Å². The van der Waals surface area contributed by atoms with Crippen molar-refractivity contribution in [3.63, 3.8) is 0 Å². The van der Waals surface area contributed by atoms with Crippen LogP contribution in [0.1, 0.15) is 46.2 Å². The molecule has 1 radical (unpaired) electrons. The Kier molecular flexibility index (Phi) is 4.57. The van der Waals surface area contributed by atoms with E-state index >= 15 is 0 Å². The van der Waals surface area contributed by atoms with Crippen LogP contribution in [0, 0.1) is 0 Å². The van der Waals surface area contributed by atoms with Gasteiger partial charge in [-0.25, -0.2) is 0 Å². The van der Waals surface area contributed by atoms with E-state index in [1.54, 1.807) is 4.57 Å². The van der Waals surface area contributed by atoms with Crippen molar-refractivity contribution in [1.82, 2.24) is 9.30 Å². The maximum atomic E-state index is 12.6. The van der Waals surface area contributed by atoms with Gasteiger partial charge in [-0.1, -0.05) is 32.9 Å². The largest absolute Gasteiger partial charge is 0.466 e. The van der Waals surface area contributed by atoms with Crippen LogP contribution in [0.25, 0.3) is 11.0 Å². The Hall–Kier alpha value is -1.82. The maximum absolute atomic E-state index is 12.6. The fourth-order valence-corrected chi connectivity index (χ4v) is 3.27. The molecule has 0 saturated carbocycles. The van der Waals surface area contributed by atoms with Crippen molar-refractivity contribution in [2.75, 3.05) is 0 Å². The van der Waals surface area contributed by atoms with Crippen molar-refractivity contribution in [1.29, 1.82) is 0 Å². The molecule has 1 aromatic carbocycles. The van der Waals surface area contributed by atoms with Gasteiger partial charge in [0.15, 0.2) is 0 Å². The number of hydrogen-bond acceptors (Lipinski definition) is 3. The number of hydrogen-bond donors (Lipinski definition) is 0. The molecule has 1 heterocycles. The van der Waals surface area contributed by atoms with Crippen molar-refractivity contribution in [2.45, 2.75) is 59.2 Å². The second-order valence-electron chi connectivity index (χ2n) is 7.29. The average molecular weight is 333 g/mol. The smallest absolute Gasteiger partial charge is 0.348 e. The summed E-state index contributed by atoms with van der Waals surface area (Å²) < 4.78 is 8.59. The molecule has 6 heteroatoms. The molecule has 0 atom stereocenters. The second kappa shape index (κ2) is 6.00. The molecule has 0 aliphatic carbocycles. The molecule has 0 N–H and O–H groups in total. The highest BCUT2D eigenvalue weighted by molar-refractivity contribution is 6.48. The van der Waals surface area contributed by atoms with Gasteiger partial charge in [0.1, 0.15) is 5.52 Å². The molecule has 0 aliphatic heterocycles. The lowest BCUT2D eigenvalue weighted by atomic mass is 9.86. The predicted molar refractivity (Wildman–Crippen MR) is 95.6 cm³/mol. The molecule has 0 saturated heterocycles. The first-order valence-corrected chi connectivity index (χ1v) is 10.3. The van der Waals surface area contributed by atoms with Crippen LogP contribution >= 0.6 is 0 Å². The quantitative estimate of drug-likeness (QED) is 0.641. The average Bonchev–Trinajstić information content (AvgIpc) is 2.41. The van der Waals surface area contributed by atoms with Gasteiger partial charge in [-0.15, -0.1) is 0 Å². The van der Waals surface area contributed by atoms with Crippen molar-refractivity contribution in [2.24, 2.45) is 0 Å². The minimum atomic E-state index is -1.20. The summed E-state index contributed by atoms with van der Waals surface area (Å²) in [7, 11) is -1.20. The molecule has 0 spiro atoms. The zero-order valence-electron chi connectivity index (χ0n) is 14.9. The van der Waals surface area contributed by atoms with E-state index in [0.29, 0.717) is 5.52 Å². The van der Waals surface area contributed by atoms with Gasteiger partial charge in [-0.3, -0.25) is 14.2 Å². The fraction of sp³-hybridized carbons (Fsp3) is 0.529. The van der Waals surface area contributed by atoms with Crippen molar-refractivity contribution >= 4 is 20.1 Å². The van der Waals surface area contributed by atoms with Crippen LogP contribution in [-0.4, -0.2) is 18.3 Å². The normalized spacial score (nSPS) is 12.4. The lowest BCUT2D eigenvalue weighted by Crippen LogP contribution is -2.46. The third kappa shape index (κ3) is 3.13. The molecule has 0 amide bonds. The van der Waals surface area contributed by atoms with E-state index in [2.05, 4.69) is 20.8 Å². The Bertz CT molecular complexity index is 842. The molecular weight excluding hydrogens is 308 g/mol. The maximum Gasteiger partial charge on any atom is 0.348 e. The minimum absolute atomic E-state index is 0.101. The molecule has 23 heavy (non-hydrogen) atoms. The molecule has 2 aromatic rings. The van der Waals surface area contributed by atoms with E-state index in [0.717, 1.165) is 11.1 Å². The summed E-state index contributed by atoms with van der Waals surface area (Å²) >= 11 is 0. The summed E-state index contributed by atoms with van der Waals surface area (Å²) in [6, 6.07) is 5.70. The Morgan fingerprint density at radius 1 is 1.09 bits per heavy atom. The monoisotopic (exact) mass is 333 g/mol. The third-order valence-corrected chi connectivity index (χ3v) is 4.21. The minimum Gasteiger partial charge on any atom is -0.466 e. The van der Waals surface area contributed by atoms with Gasteiger partial charge in [0.2, 0.25) is 0 Å². The zero-order valence-corrected chi connectivity index (χ0v) is 15.9. The molecule has 2 rings (SSSR count). The van der Waals surface area contributed by atoms with Crippen molar-refractivity contribution < 1.29 is 4.53 Å². The molecule has 125 valence electrons. The topological polar surface area (TPSA) is 53.2 Å². The Labute approximate surface area is 138 Å². The number of benzene rings is 1. The Balaban J connectivity index is 3.10. The summed E-state index contributed by atoms with van der Waals surface area (Å²) in [6.45, 7) is 14.0. The molecule has 0 bridgehead atoms. The van der Waals surface area contributed by atoms with Crippen molar-refractivity contribution in [3.05, 3.63) is 44.5 Å². The second-order valence-corrected chi connectivity index (χ2v) is 9.29. The highest BCUT2D eigenvalue weighted by Gasteiger charge is 2.24. The van der Waals surface area contributed by atoms with Gasteiger partial charge < -0.3 is 4.53 Å². The summed E-state index contributed by atoms with van der Waals surface area (Å²) in [5, 5.41) is 0. The van der Waals surface area contributed by atoms with Crippen LogP contribution in [0.2, 0.25) is 13.1 Å². The zero-order chi connectivity index (χ0) is 17.5. The van der Waals surface area contributed by atoms with Gasteiger partial charge in [0, 0.05) is 6.04 Å². The number of aromatic nitrogens is 2. The lowest BCUT2D eigenvalue weighted by molar-refractivity contribution is 0.276. The third-order valence-electron chi connectivity index (χ3n) is 3.66. The van der Waals surface area contributed by atoms with Crippen LogP contribution in [0.3, 0.4) is 0 Å². The van der Waals surface area contributed by atoms with Gasteiger partial charge in [-0.05, 0) is 44.0 Å². The van der Waals surface area contributed by atoms with E-state index in [4.69, 9.17) is 4.53 Å². The molecule has 5 nitrogen and oxygen atoms in total. The predicted octanol–water partition coefficient (Wildman–Crippen LogP) is 2.72. The van der Waals surface area contributed by atoms with E-state index in [1.165, 1.54) is 4.73 Å². The number of nitrogens with zero attached hydrogens (tertiary/aromatic N) is 2. The van der Waals surface area contributed by atoms with Gasteiger partial charge in [0.05, 0.1) is 5.52 Å². The molecule has 1 aromatic heterocycles. The van der Waals surface area contributed by atoms with Crippen LogP contribution < -0.4 is 15.6 Å². The van der Waals surface area contributed by atoms with E-state index in [1.807, 2.05) is 45.1 Å². The van der Waals surface area contributed by atoms with Crippen LogP contribution in [0.15, 0.2) is 27.8 Å². The van der Waals surface area contributed by atoms with Crippen LogP contribution in [-0.2, 0) is 5.41 Å². The van der Waals surface area contributed by atoms with Gasteiger partial charge in [0.25, 0.3) is 0 Å². The first-order chi connectivity index (χ1) is 10.6. The number of fused-ring (bicyclic) bond motifs is 1. The summed E-state index contributed by atoms with van der Waals surface area (Å²) in [6.07, 6.45) is 0. The Morgan fingerprint density at radius 2 is 1.70 bits per heavy atom. The van der Waals surface area contributed by atoms with Gasteiger partial charge >= 0.3 is 20.2 Å². The fourth-order valence-electron chi connectivity index (χ4n) is 2.73. The van der Waals surface area contributed by atoms with Crippen LogP contribution in [0.4, 0.5) is 0 Å². The number of rotatable bonds is 3. The number of para-hydroxylation sites is 1. The first-order valence-electron chi connectivity index (χ1n) is 7.85. The lowest BCUT2D eigenvalue weighted by Gasteiger charge is -2.26. The summed E-state index contributed by atoms with van der Waals surface area (Å²) in [5.41, 5.74) is 1.09. The Morgan fingerprint density at radius 3 is 2.17 bits per heavy atom. The molecule has 0 aliphatic rings. The highest BCUT2D eigenvalue weighted by atomic mass is 28.3. The van der Waals surface area contributed by atoms with Crippen molar-refractivity contribution in [3.8, 4) is 0 Å². The standard InChI is InChI=1S/C17H25N2O3Si/c1-11(2)18-13-10-8-9-12(17(3,4)5)14(13)19(22-23(6)7)16(21)15(18)20/h8-11H,1-7H3. The first kappa shape index (κ1) is 17.5. The van der Waals surface area contributed by atoms with E-state index in [9.17, 15) is 9.59 Å². The summed E-state index contributed by atoms with van der Waals surface area (Å²) in [5.74, 6) is 0. The highest BCUT2D eigenvalue weighted by Crippen LogP contribution is 2.29. The van der Waals surface area contributed by atoms with E-state index < -0.39 is 20.2 Å². The SMILES string of the molecule is CC(C)n1c(=O)c(=O)n(O[Si](C)C)c2c(C(C)(C)C)cccc21. The van der Waals surface area contributed by atoms with E-state index in [-0.39, 0.29) is 11.5 Å². The molecule has 0 unspecified atom stereocenters. The van der Waals surface area contributed by atoms with Crippen LogP contribution in [0.5, 0.6) is 0 Å². The molecular formula is C17H25N2O3Si.